The van der Waals surface area contributed by atoms with E-state index in [2.05, 4.69) is 0 Å². The molecular formula is C4H9BN2O2. The molecule has 0 heterocycles. The lowest BCUT2D eigenvalue weighted by atomic mass is 9.81. The summed E-state index contributed by atoms with van der Waals surface area (Å²) in [5, 5.41) is 24.7. The maximum atomic E-state index is 8.32. The molecule has 4 nitrogen and oxygen atoms in total. The van der Waals surface area contributed by atoms with Gasteiger partial charge in [0.1, 0.15) is 0 Å². The summed E-state index contributed by atoms with van der Waals surface area (Å²) in [6.45, 7) is 0. The molecule has 1 unspecified atom stereocenters. The van der Waals surface area contributed by atoms with Crippen LogP contribution in [0, 0.1) is 11.3 Å². The fraction of sp³-hybridized carbons (Fsp3) is 0.750. The third kappa shape index (κ3) is 5.30. The summed E-state index contributed by atoms with van der Waals surface area (Å²) in [4.78, 5) is 0. The van der Waals surface area contributed by atoms with Gasteiger partial charge in [-0.3, -0.25) is 0 Å². The summed E-state index contributed by atoms with van der Waals surface area (Å²) in [5.41, 5.74) is 5.24. The van der Waals surface area contributed by atoms with Crippen LogP contribution in [-0.4, -0.2) is 23.2 Å². The van der Waals surface area contributed by atoms with Gasteiger partial charge in [0, 0.05) is 12.5 Å². The molecule has 0 rings (SSSR count). The van der Waals surface area contributed by atoms with Crippen molar-refractivity contribution in [1.82, 2.24) is 0 Å². The van der Waals surface area contributed by atoms with Crippen LogP contribution in [0.3, 0.4) is 0 Å². The number of nitrogens with two attached hydrogens (primary N) is 1. The van der Waals surface area contributed by atoms with Crippen molar-refractivity contribution in [3.05, 3.63) is 0 Å². The van der Waals surface area contributed by atoms with Crippen LogP contribution in [-0.2, 0) is 0 Å². The number of nitriles is 1. The van der Waals surface area contributed by atoms with Crippen LogP contribution in [0.4, 0.5) is 0 Å². The molecule has 0 radical (unpaired) electrons. The average molecular weight is 128 g/mol. The van der Waals surface area contributed by atoms with E-state index in [0.29, 0.717) is 0 Å². The SMILES string of the molecule is N#CCC(N)CB(O)O. The molecule has 0 aliphatic heterocycles. The predicted molar refractivity (Wildman–Crippen MR) is 33.2 cm³/mol. The van der Waals surface area contributed by atoms with Gasteiger partial charge in [-0.25, -0.2) is 0 Å². The van der Waals surface area contributed by atoms with Gasteiger partial charge < -0.3 is 15.8 Å². The third-order valence-corrected chi connectivity index (χ3v) is 0.867. The average Bonchev–Trinajstić information content (AvgIpc) is 1.63. The Balaban J connectivity index is 3.29. The minimum absolute atomic E-state index is 0.0631. The van der Waals surface area contributed by atoms with Crippen LogP contribution in [0.5, 0.6) is 0 Å². The van der Waals surface area contributed by atoms with E-state index in [0.717, 1.165) is 0 Å². The van der Waals surface area contributed by atoms with E-state index in [-0.39, 0.29) is 12.7 Å². The lowest BCUT2D eigenvalue weighted by molar-refractivity contribution is 0.398. The zero-order valence-electron chi connectivity index (χ0n) is 4.99. The van der Waals surface area contributed by atoms with Crippen molar-refractivity contribution in [1.29, 1.82) is 5.26 Å². The predicted octanol–water partition coefficient (Wildman–Crippen LogP) is -1.30. The molecule has 0 amide bonds. The zero-order chi connectivity index (χ0) is 7.28. The Morgan fingerprint density at radius 3 is 2.56 bits per heavy atom. The molecule has 0 saturated heterocycles. The molecule has 0 aromatic rings. The Morgan fingerprint density at radius 1 is 1.67 bits per heavy atom. The molecule has 0 aliphatic carbocycles. The van der Waals surface area contributed by atoms with E-state index in [1.165, 1.54) is 0 Å². The molecular weight excluding hydrogens is 119 g/mol. The van der Waals surface area contributed by atoms with Gasteiger partial charge in [-0.2, -0.15) is 5.26 Å². The molecule has 0 aromatic carbocycles. The van der Waals surface area contributed by atoms with Crippen molar-refractivity contribution in [2.45, 2.75) is 18.8 Å². The number of nitrogens with zero attached hydrogens (tertiary/aromatic N) is 1. The molecule has 4 N–H and O–H groups in total. The van der Waals surface area contributed by atoms with Crippen molar-refractivity contribution >= 4 is 7.12 Å². The second-order valence-electron chi connectivity index (χ2n) is 1.84. The van der Waals surface area contributed by atoms with Gasteiger partial charge in [0.15, 0.2) is 0 Å². The van der Waals surface area contributed by atoms with Gasteiger partial charge in [0.25, 0.3) is 0 Å². The van der Waals surface area contributed by atoms with Crippen LogP contribution >= 0.6 is 0 Å². The van der Waals surface area contributed by atoms with E-state index in [1.807, 2.05) is 6.07 Å². The smallest absolute Gasteiger partial charge is 0.427 e. The van der Waals surface area contributed by atoms with E-state index >= 15 is 0 Å². The van der Waals surface area contributed by atoms with Crippen molar-refractivity contribution in [3.63, 3.8) is 0 Å². The van der Waals surface area contributed by atoms with Crippen LogP contribution in [0.15, 0.2) is 0 Å². The first-order valence-electron chi connectivity index (χ1n) is 2.65. The summed E-state index contributed by atoms with van der Waals surface area (Å²) in [5.74, 6) is 0. The second-order valence-corrected chi connectivity index (χ2v) is 1.84. The van der Waals surface area contributed by atoms with Crippen molar-refractivity contribution in [2.24, 2.45) is 5.73 Å². The van der Waals surface area contributed by atoms with Crippen molar-refractivity contribution in [2.75, 3.05) is 0 Å². The second kappa shape index (κ2) is 4.33. The quantitative estimate of drug-likeness (QED) is 0.412. The van der Waals surface area contributed by atoms with Gasteiger partial charge in [-0.15, -0.1) is 0 Å². The first-order chi connectivity index (χ1) is 4.16. The first-order valence-corrected chi connectivity index (χ1v) is 2.65. The Hall–Kier alpha value is -0.565. The molecule has 0 saturated carbocycles. The number of hydrogen-bond acceptors (Lipinski definition) is 4. The van der Waals surface area contributed by atoms with Gasteiger partial charge >= 0.3 is 7.12 Å². The van der Waals surface area contributed by atoms with E-state index < -0.39 is 13.2 Å². The topological polar surface area (TPSA) is 90.3 Å². The molecule has 0 aromatic heterocycles. The molecule has 0 fully saturated rings. The monoisotopic (exact) mass is 128 g/mol. The van der Waals surface area contributed by atoms with E-state index in [1.54, 1.807) is 0 Å². The van der Waals surface area contributed by atoms with Gasteiger partial charge in [0.05, 0.1) is 6.07 Å². The summed E-state index contributed by atoms with van der Waals surface area (Å²) in [6, 6.07) is 1.40. The molecule has 9 heavy (non-hydrogen) atoms. The third-order valence-electron chi connectivity index (χ3n) is 0.867. The number of rotatable bonds is 3. The largest absolute Gasteiger partial charge is 0.453 e. The number of hydrogen-bond donors (Lipinski definition) is 3. The fourth-order valence-corrected chi connectivity index (χ4v) is 0.471. The van der Waals surface area contributed by atoms with Gasteiger partial charge in [-0.1, -0.05) is 0 Å². The Kier molecular flexibility index (Phi) is 4.06. The summed E-state index contributed by atoms with van der Waals surface area (Å²) >= 11 is 0. The molecule has 5 heteroatoms. The summed E-state index contributed by atoms with van der Waals surface area (Å²) < 4.78 is 0. The highest BCUT2D eigenvalue weighted by Crippen LogP contribution is 1.94. The van der Waals surface area contributed by atoms with Crippen molar-refractivity contribution in [3.8, 4) is 6.07 Å². The Bertz CT molecular complexity index is 112. The molecule has 0 bridgehead atoms. The highest BCUT2D eigenvalue weighted by atomic mass is 16.4. The molecule has 50 valence electrons. The lowest BCUT2D eigenvalue weighted by Gasteiger charge is -2.03. The highest BCUT2D eigenvalue weighted by molar-refractivity contribution is 6.41. The molecule has 1 atom stereocenters. The van der Waals surface area contributed by atoms with E-state index in [9.17, 15) is 0 Å². The summed E-state index contributed by atoms with van der Waals surface area (Å²) in [7, 11) is -1.40. The fourth-order valence-electron chi connectivity index (χ4n) is 0.471. The van der Waals surface area contributed by atoms with Crippen molar-refractivity contribution < 1.29 is 10.0 Å². The lowest BCUT2D eigenvalue weighted by Crippen LogP contribution is -2.27. The van der Waals surface area contributed by atoms with Crippen LogP contribution < -0.4 is 5.73 Å². The maximum absolute atomic E-state index is 8.32. The van der Waals surface area contributed by atoms with Gasteiger partial charge in [0.2, 0.25) is 0 Å². The van der Waals surface area contributed by atoms with E-state index in [4.69, 9.17) is 21.0 Å². The zero-order valence-corrected chi connectivity index (χ0v) is 4.99. The molecule has 0 spiro atoms. The van der Waals surface area contributed by atoms with Crippen LogP contribution in [0.1, 0.15) is 6.42 Å². The van der Waals surface area contributed by atoms with Crippen LogP contribution in [0.25, 0.3) is 0 Å². The molecule has 0 aliphatic rings. The Labute approximate surface area is 54.0 Å². The highest BCUT2D eigenvalue weighted by Gasteiger charge is 2.12. The normalized spacial score (nSPS) is 12.2. The minimum atomic E-state index is -1.40. The van der Waals surface area contributed by atoms with Crippen LogP contribution in [0.2, 0.25) is 6.32 Å². The first kappa shape index (κ1) is 8.43. The maximum Gasteiger partial charge on any atom is 0.453 e. The standard InChI is InChI=1S/C4H9BN2O2/c6-2-1-4(7)3-5(8)9/h4,8-9H,1,3,7H2. The summed E-state index contributed by atoms with van der Waals surface area (Å²) in [6.07, 6.45) is 0.227. The minimum Gasteiger partial charge on any atom is -0.427 e. The van der Waals surface area contributed by atoms with Gasteiger partial charge in [-0.05, 0) is 6.32 Å². The Morgan fingerprint density at radius 2 is 2.22 bits per heavy atom.